The standard InChI is InChI=1S/C23H21N.C14H13N3/c1-4-24-21-12-8-6-10-16(21)18-13-17-15-9-5-7-11-19(15)23(2,3)20(17)14-22(18)24;15-13(11-7-3-1-4-8-11)17-14(16)12-9-5-2-6-10-12/h5-14H,4H2,1-3H3;1-10H,(H3,15,16,17). The maximum absolute atomic E-state index is 7.84. The van der Waals surface area contributed by atoms with E-state index in [0.29, 0.717) is 5.84 Å². The van der Waals surface area contributed by atoms with E-state index in [4.69, 9.17) is 11.1 Å². The monoisotopic (exact) mass is 534 g/mol. The summed E-state index contributed by atoms with van der Waals surface area (Å²) < 4.78 is 2.45. The number of nitrogens with one attached hydrogen (secondary N) is 1. The van der Waals surface area contributed by atoms with Crippen molar-refractivity contribution in [3.8, 4) is 11.1 Å². The lowest BCUT2D eigenvalue weighted by atomic mass is 9.82. The highest BCUT2D eigenvalue weighted by Crippen LogP contribution is 2.50. The molecule has 6 aromatic rings. The van der Waals surface area contributed by atoms with Gasteiger partial charge in [0.2, 0.25) is 0 Å². The number of aliphatic imine (C=N–C) groups is 1. The number of hydrogen-bond acceptors (Lipinski definition) is 1. The third kappa shape index (κ3) is 4.62. The van der Waals surface area contributed by atoms with Gasteiger partial charge in [0.05, 0.1) is 0 Å². The Kier molecular flexibility index (Phi) is 6.76. The lowest BCUT2D eigenvalue weighted by Gasteiger charge is -2.21. The van der Waals surface area contributed by atoms with Gasteiger partial charge < -0.3 is 10.3 Å². The summed E-state index contributed by atoms with van der Waals surface area (Å²) in [4.78, 5) is 4.10. The van der Waals surface area contributed by atoms with Gasteiger partial charge in [-0.2, -0.15) is 0 Å². The van der Waals surface area contributed by atoms with Gasteiger partial charge >= 0.3 is 0 Å². The van der Waals surface area contributed by atoms with E-state index in [2.05, 4.69) is 91.0 Å². The zero-order valence-corrected chi connectivity index (χ0v) is 23.7. The third-order valence-electron chi connectivity index (χ3n) is 8.14. The number of fused-ring (bicyclic) bond motifs is 6. The fourth-order valence-electron chi connectivity index (χ4n) is 6.04. The van der Waals surface area contributed by atoms with Crippen molar-refractivity contribution in [2.45, 2.75) is 32.7 Å². The van der Waals surface area contributed by atoms with Crippen LogP contribution in [0, 0.1) is 5.41 Å². The molecule has 7 rings (SSSR count). The molecule has 0 aliphatic heterocycles. The molecule has 0 saturated heterocycles. The first-order valence-electron chi connectivity index (χ1n) is 14.1. The summed E-state index contributed by atoms with van der Waals surface area (Å²) in [6.07, 6.45) is 0. The molecule has 4 nitrogen and oxygen atoms in total. The van der Waals surface area contributed by atoms with Gasteiger partial charge in [0.15, 0.2) is 5.84 Å². The first-order valence-corrected chi connectivity index (χ1v) is 14.1. The van der Waals surface area contributed by atoms with Crippen molar-refractivity contribution in [3.63, 3.8) is 0 Å². The maximum atomic E-state index is 7.84. The van der Waals surface area contributed by atoms with Gasteiger partial charge in [-0.3, -0.25) is 5.41 Å². The molecular weight excluding hydrogens is 500 g/mol. The molecule has 1 aliphatic carbocycles. The largest absolute Gasteiger partial charge is 0.383 e. The van der Waals surface area contributed by atoms with Crippen molar-refractivity contribution in [3.05, 3.63) is 144 Å². The molecular formula is C37H34N4. The van der Waals surface area contributed by atoms with Gasteiger partial charge in [-0.25, -0.2) is 4.99 Å². The molecule has 0 spiro atoms. The zero-order chi connectivity index (χ0) is 28.6. The van der Waals surface area contributed by atoms with Crippen LogP contribution in [0.15, 0.2) is 126 Å². The Morgan fingerprint density at radius 3 is 2.00 bits per heavy atom. The SMILES string of the molecule is CCn1c2ccccc2c2cc3c(cc21)C(C)(C)c1ccccc1-3.N=C(N=C(N)c1ccccc1)c1ccccc1. The number of nitrogens with zero attached hydrogens (tertiary/aromatic N) is 2. The normalized spacial score (nSPS) is 13.4. The van der Waals surface area contributed by atoms with Gasteiger partial charge in [0, 0.05) is 44.9 Å². The van der Waals surface area contributed by atoms with E-state index in [1.807, 2.05) is 60.7 Å². The number of nitrogens with two attached hydrogens (primary N) is 1. The molecule has 0 saturated carbocycles. The fraction of sp³-hybridized carbons (Fsp3) is 0.135. The molecule has 202 valence electrons. The Morgan fingerprint density at radius 2 is 1.29 bits per heavy atom. The predicted octanol–water partition coefficient (Wildman–Crippen LogP) is 8.54. The summed E-state index contributed by atoms with van der Waals surface area (Å²) in [5.74, 6) is 0.534. The Balaban J connectivity index is 0.000000158. The molecule has 1 heterocycles. The van der Waals surface area contributed by atoms with Crippen molar-refractivity contribution in [2.24, 2.45) is 10.7 Å². The third-order valence-corrected chi connectivity index (χ3v) is 8.14. The van der Waals surface area contributed by atoms with Crippen molar-refractivity contribution in [1.29, 1.82) is 5.41 Å². The highest BCUT2D eigenvalue weighted by molar-refractivity contribution is 6.11. The zero-order valence-electron chi connectivity index (χ0n) is 23.7. The summed E-state index contributed by atoms with van der Waals surface area (Å²) in [6, 6.07) is 41.3. The molecule has 0 radical (unpaired) electrons. The minimum Gasteiger partial charge on any atom is -0.383 e. The minimum absolute atomic E-state index is 0.0646. The Labute approximate surface area is 241 Å². The van der Waals surface area contributed by atoms with Crippen LogP contribution in [0.2, 0.25) is 0 Å². The van der Waals surface area contributed by atoms with Gasteiger partial charge in [-0.1, -0.05) is 117 Å². The second kappa shape index (κ2) is 10.5. The van der Waals surface area contributed by atoms with Crippen molar-refractivity contribution < 1.29 is 0 Å². The second-order valence-corrected chi connectivity index (χ2v) is 10.9. The van der Waals surface area contributed by atoms with Crippen LogP contribution in [0.5, 0.6) is 0 Å². The maximum Gasteiger partial charge on any atom is 0.154 e. The summed E-state index contributed by atoms with van der Waals surface area (Å²) in [6.45, 7) is 7.93. The van der Waals surface area contributed by atoms with E-state index in [-0.39, 0.29) is 11.3 Å². The first-order chi connectivity index (χ1) is 19.9. The van der Waals surface area contributed by atoms with Gasteiger partial charge in [-0.15, -0.1) is 0 Å². The van der Waals surface area contributed by atoms with Crippen molar-refractivity contribution in [1.82, 2.24) is 4.57 Å². The average Bonchev–Trinajstić information content (AvgIpc) is 3.45. The molecule has 0 bridgehead atoms. The quantitative estimate of drug-likeness (QED) is 0.173. The summed E-state index contributed by atoms with van der Waals surface area (Å²) in [5, 5.41) is 10.6. The van der Waals surface area contributed by atoms with Crippen LogP contribution in [0.4, 0.5) is 0 Å². The molecule has 5 aromatic carbocycles. The summed E-state index contributed by atoms with van der Waals surface area (Å²) >= 11 is 0. The van der Waals surface area contributed by atoms with Crippen LogP contribution in [0.25, 0.3) is 32.9 Å². The number of hydrogen-bond donors (Lipinski definition) is 2. The Hall–Kier alpha value is -4.96. The molecule has 0 atom stereocenters. The molecule has 0 amide bonds. The van der Waals surface area contributed by atoms with Crippen LogP contribution in [0.3, 0.4) is 0 Å². The number of para-hydroxylation sites is 1. The van der Waals surface area contributed by atoms with Crippen LogP contribution < -0.4 is 5.73 Å². The molecule has 41 heavy (non-hydrogen) atoms. The smallest absolute Gasteiger partial charge is 0.154 e. The van der Waals surface area contributed by atoms with Crippen LogP contribution in [0.1, 0.15) is 43.0 Å². The fourth-order valence-corrected chi connectivity index (χ4v) is 6.04. The van der Waals surface area contributed by atoms with E-state index in [1.54, 1.807) is 0 Å². The molecule has 0 fully saturated rings. The van der Waals surface area contributed by atoms with Gasteiger partial charge in [-0.05, 0) is 47.4 Å². The Bertz CT molecular complexity index is 1910. The molecule has 1 aliphatic rings. The van der Waals surface area contributed by atoms with E-state index in [9.17, 15) is 0 Å². The number of rotatable bonds is 3. The molecule has 0 unspecified atom stereocenters. The summed E-state index contributed by atoms with van der Waals surface area (Å²) in [5.41, 5.74) is 15.9. The minimum atomic E-state index is 0.0646. The number of benzene rings is 5. The molecule has 4 heteroatoms. The predicted molar refractivity (Wildman–Crippen MR) is 173 cm³/mol. The van der Waals surface area contributed by atoms with Crippen molar-refractivity contribution >= 4 is 33.5 Å². The molecule has 1 aromatic heterocycles. The van der Waals surface area contributed by atoms with Gasteiger partial charge in [0.25, 0.3) is 0 Å². The number of aromatic nitrogens is 1. The topological polar surface area (TPSA) is 67.2 Å². The lowest BCUT2D eigenvalue weighted by molar-refractivity contribution is 0.660. The van der Waals surface area contributed by atoms with E-state index in [0.717, 1.165) is 17.7 Å². The first kappa shape index (κ1) is 26.3. The van der Waals surface area contributed by atoms with E-state index in [1.165, 1.54) is 44.1 Å². The number of aryl methyl sites for hydroxylation is 1. The van der Waals surface area contributed by atoms with Crippen LogP contribution in [-0.4, -0.2) is 16.2 Å². The van der Waals surface area contributed by atoms with Crippen LogP contribution in [-0.2, 0) is 12.0 Å². The highest BCUT2D eigenvalue weighted by atomic mass is 15.0. The second-order valence-electron chi connectivity index (χ2n) is 10.9. The Morgan fingerprint density at radius 1 is 0.683 bits per heavy atom. The summed E-state index contributed by atoms with van der Waals surface area (Å²) in [7, 11) is 0. The number of amidine groups is 2. The highest BCUT2D eigenvalue weighted by Gasteiger charge is 2.35. The lowest BCUT2D eigenvalue weighted by Crippen LogP contribution is -2.15. The van der Waals surface area contributed by atoms with Crippen molar-refractivity contribution in [2.75, 3.05) is 0 Å². The average molecular weight is 535 g/mol. The molecule has 3 N–H and O–H groups in total. The van der Waals surface area contributed by atoms with Gasteiger partial charge in [0.1, 0.15) is 5.84 Å². The van der Waals surface area contributed by atoms with Crippen LogP contribution >= 0.6 is 0 Å². The van der Waals surface area contributed by atoms with E-state index < -0.39 is 0 Å². The van der Waals surface area contributed by atoms with E-state index >= 15 is 0 Å².